The summed E-state index contributed by atoms with van der Waals surface area (Å²) >= 11 is 0. The normalized spacial score (nSPS) is 25.4. The lowest BCUT2D eigenvalue weighted by Gasteiger charge is -2.49. The van der Waals surface area contributed by atoms with E-state index in [2.05, 4.69) is 21.8 Å². The summed E-state index contributed by atoms with van der Waals surface area (Å²) < 4.78 is 6.07. The second-order valence-electron chi connectivity index (χ2n) is 8.37. The fourth-order valence-electron chi connectivity index (χ4n) is 4.86. The van der Waals surface area contributed by atoms with Crippen molar-refractivity contribution in [1.29, 1.82) is 0 Å². The van der Waals surface area contributed by atoms with Crippen molar-refractivity contribution in [2.45, 2.75) is 69.7 Å². The van der Waals surface area contributed by atoms with Crippen LogP contribution in [0, 0.1) is 0 Å². The number of aliphatic hydroxyl groups excluding tert-OH is 1. The lowest BCUT2D eigenvalue weighted by Crippen LogP contribution is -2.55. The maximum atomic E-state index is 11.8. The molecule has 2 aromatic rings. The average molecular weight is 423 g/mol. The van der Waals surface area contributed by atoms with Crippen LogP contribution in [0.4, 0.5) is 6.01 Å². The molecule has 7 nitrogen and oxygen atoms in total. The van der Waals surface area contributed by atoms with Crippen molar-refractivity contribution in [3.63, 3.8) is 0 Å². The molecule has 1 amide bonds. The number of anilines is 1. The van der Waals surface area contributed by atoms with Crippen LogP contribution >= 0.6 is 12.4 Å². The molecule has 2 bridgehead atoms. The number of hydrogen-bond acceptors (Lipinski definition) is 6. The molecule has 3 heterocycles. The Balaban J connectivity index is 0.00000240. The first-order valence-electron chi connectivity index (χ1n) is 10.3. The molecule has 29 heavy (non-hydrogen) atoms. The third-order valence-corrected chi connectivity index (χ3v) is 6.46. The van der Waals surface area contributed by atoms with Gasteiger partial charge in [-0.25, -0.2) is 0 Å². The summed E-state index contributed by atoms with van der Waals surface area (Å²) in [5.41, 5.74) is 6.97. The molecule has 1 aromatic heterocycles. The Morgan fingerprint density at radius 2 is 2.07 bits per heavy atom. The van der Waals surface area contributed by atoms with Crippen LogP contribution in [0.15, 0.2) is 22.6 Å². The molecular formula is C21H31ClN4O3. The van der Waals surface area contributed by atoms with Crippen molar-refractivity contribution in [2.75, 3.05) is 18.5 Å². The van der Waals surface area contributed by atoms with Gasteiger partial charge >= 0.3 is 0 Å². The zero-order chi connectivity index (χ0) is 19.8. The lowest BCUT2D eigenvalue weighted by atomic mass is 9.81. The quantitative estimate of drug-likeness (QED) is 0.743. The minimum atomic E-state index is -0.505. The van der Waals surface area contributed by atoms with Gasteiger partial charge in [0.25, 0.3) is 11.9 Å². The molecule has 0 spiro atoms. The number of primary amides is 1. The first kappa shape index (κ1) is 21.9. The number of aliphatic hydroxyl groups is 1. The minimum absolute atomic E-state index is 0. The summed E-state index contributed by atoms with van der Waals surface area (Å²) in [6.45, 7) is 2.48. The summed E-state index contributed by atoms with van der Waals surface area (Å²) in [5, 5.41) is 9.86. The summed E-state index contributed by atoms with van der Waals surface area (Å²) in [6.07, 6.45) is 6.13. The number of carbonyl (C=O) groups excluding carboxylic acids is 1. The SMILES string of the molecule is CC(O)CCN(c1nc2c(C(N)=O)cccc2o1)C1CC2CCCC(C1)N2C.Cl. The third kappa shape index (κ3) is 4.37. The molecule has 160 valence electrons. The van der Waals surface area contributed by atoms with Gasteiger partial charge in [-0.05, 0) is 58.2 Å². The molecule has 2 aliphatic heterocycles. The Morgan fingerprint density at radius 3 is 2.69 bits per heavy atom. The Morgan fingerprint density at radius 1 is 1.38 bits per heavy atom. The highest BCUT2D eigenvalue weighted by Gasteiger charge is 2.39. The first-order valence-corrected chi connectivity index (χ1v) is 10.3. The van der Waals surface area contributed by atoms with Crippen LogP contribution in [0.25, 0.3) is 11.1 Å². The van der Waals surface area contributed by atoms with E-state index in [4.69, 9.17) is 10.2 Å². The van der Waals surface area contributed by atoms with E-state index >= 15 is 0 Å². The summed E-state index contributed by atoms with van der Waals surface area (Å²) in [4.78, 5) is 21.2. The van der Waals surface area contributed by atoms with Gasteiger partial charge in [0.2, 0.25) is 0 Å². The summed E-state index contributed by atoms with van der Waals surface area (Å²) in [6, 6.07) is 7.25. The van der Waals surface area contributed by atoms with Crippen LogP contribution in [0.5, 0.6) is 0 Å². The predicted molar refractivity (Wildman–Crippen MR) is 116 cm³/mol. The van der Waals surface area contributed by atoms with E-state index in [1.54, 1.807) is 19.1 Å². The average Bonchev–Trinajstić information content (AvgIpc) is 3.05. The van der Waals surface area contributed by atoms with Gasteiger partial charge < -0.3 is 25.1 Å². The van der Waals surface area contributed by atoms with Gasteiger partial charge in [0.05, 0.1) is 11.7 Å². The van der Waals surface area contributed by atoms with Gasteiger partial charge in [0.15, 0.2) is 5.58 Å². The number of halogens is 1. The number of oxazole rings is 1. The third-order valence-electron chi connectivity index (χ3n) is 6.46. The number of amides is 1. The standard InChI is InChI=1S/C21H30N4O3.ClH/c1-13(26)9-10-25(16-11-14-5-3-6-15(12-16)24(14)2)21-23-19-17(20(22)27)7-4-8-18(19)28-21;/h4,7-8,13-16,26H,3,5-6,9-12H2,1-2H3,(H2,22,27);1H. The lowest BCUT2D eigenvalue weighted by molar-refractivity contribution is 0.0534. The van der Waals surface area contributed by atoms with Crippen LogP contribution in [0.1, 0.15) is 55.8 Å². The van der Waals surface area contributed by atoms with Gasteiger partial charge in [0, 0.05) is 24.7 Å². The monoisotopic (exact) mass is 422 g/mol. The van der Waals surface area contributed by atoms with E-state index in [0.29, 0.717) is 53.8 Å². The van der Waals surface area contributed by atoms with Crippen LogP contribution in [0.2, 0.25) is 0 Å². The van der Waals surface area contributed by atoms with E-state index in [1.165, 1.54) is 19.3 Å². The topological polar surface area (TPSA) is 95.8 Å². The molecule has 0 radical (unpaired) electrons. The van der Waals surface area contributed by atoms with Crippen molar-refractivity contribution < 1.29 is 14.3 Å². The minimum Gasteiger partial charge on any atom is -0.423 e. The van der Waals surface area contributed by atoms with Gasteiger partial charge in [-0.15, -0.1) is 12.4 Å². The number of carbonyl (C=O) groups is 1. The molecule has 0 aliphatic carbocycles. The molecular weight excluding hydrogens is 392 g/mol. The van der Waals surface area contributed by atoms with Crippen molar-refractivity contribution in [3.05, 3.63) is 23.8 Å². The highest BCUT2D eigenvalue weighted by molar-refractivity contribution is 6.03. The zero-order valence-electron chi connectivity index (χ0n) is 17.1. The Labute approximate surface area is 177 Å². The Kier molecular flexibility index (Phi) is 6.71. The van der Waals surface area contributed by atoms with Crippen molar-refractivity contribution in [2.24, 2.45) is 5.73 Å². The fourth-order valence-corrected chi connectivity index (χ4v) is 4.86. The molecule has 3 unspecified atom stereocenters. The second kappa shape index (κ2) is 8.90. The molecule has 3 atom stereocenters. The molecule has 2 saturated heterocycles. The molecule has 4 rings (SSSR count). The van der Waals surface area contributed by atoms with E-state index in [0.717, 1.165) is 12.8 Å². The number of rotatable bonds is 6. The number of para-hydroxylation sites is 1. The number of hydrogen-bond donors (Lipinski definition) is 2. The number of piperidine rings is 2. The van der Waals surface area contributed by atoms with Crippen molar-refractivity contribution >= 4 is 35.4 Å². The molecule has 2 fully saturated rings. The van der Waals surface area contributed by atoms with E-state index in [1.807, 2.05) is 6.07 Å². The van der Waals surface area contributed by atoms with E-state index in [9.17, 15) is 9.90 Å². The van der Waals surface area contributed by atoms with E-state index < -0.39 is 5.91 Å². The van der Waals surface area contributed by atoms with Crippen LogP contribution in [-0.4, -0.2) is 58.7 Å². The fraction of sp³-hybridized carbons (Fsp3) is 0.619. The smallest absolute Gasteiger partial charge is 0.298 e. The predicted octanol–water partition coefficient (Wildman–Crippen LogP) is 2.94. The van der Waals surface area contributed by atoms with E-state index in [-0.39, 0.29) is 18.5 Å². The Bertz CT molecular complexity index is 842. The highest BCUT2D eigenvalue weighted by Crippen LogP contribution is 2.37. The number of nitrogens with two attached hydrogens (primary N) is 1. The molecule has 2 aliphatic rings. The van der Waals surface area contributed by atoms with Crippen LogP contribution in [-0.2, 0) is 0 Å². The molecule has 8 heteroatoms. The molecule has 0 saturated carbocycles. The molecule has 3 N–H and O–H groups in total. The first-order chi connectivity index (χ1) is 13.4. The van der Waals surface area contributed by atoms with Crippen molar-refractivity contribution in [3.8, 4) is 0 Å². The number of fused-ring (bicyclic) bond motifs is 3. The maximum Gasteiger partial charge on any atom is 0.298 e. The number of aromatic nitrogens is 1. The maximum absolute atomic E-state index is 11.8. The number of benzene rings is 1. The van der Waals surface area contributed by atoms with Gasteiger partial charge in [-0.1, -0.05) is 12.5 Å². The van der Waals surface area contributed by atoms with Crippen LogP contribution < -0.4 is 10.6 Å². The van der Waals surface area contributed by atoms with Crippen LogP contribution in [0.3, 0.4) is 0 Å². The van der Waals surface area contributed by atoms with Gasteiger partial charge in [-0.2, -0.15) is 4.98 Å². The summed E-state index contributed by atoms with van der Waals surface area (Å²) in [7, 11) is 2.24. The van der Waals surface area contributed by atoms with Gasteiger partial charge in [-0.3, -0.25) is 4.79 Å². The van der Waals surface area contributed by atoms with Gasteiger partial charge in [0.1, 0.15) is 5.52 Å². The largest absolute Gasteiger partial charge is 0.423 e. The number of nitrogens with zero attached hydrogens (tertiary/aromatic N) is 3. The molecule has 1 aromatic carbocycles. The van der Waals surface area contributed by atoms with Crippen molar-refractivity contribution in [1.82, 2.24) is 9.88 Å². The Hall–Kier alpha value is -1.83. The highest BCUT2D eigenvalue weighted by atomic mass is 35.5. The summed E-state index contributed by atoms with van der Waals surface area (Å²) in [5.74, 6) is -0.505. The second-order valence-corrected chi connectivity index (χ2v) is 8.37. The zero-order valence-corrected chi connectivity index (χ0v) is 17.9.